The summed E-state index contributed by atoms with van der Waals surface area (Å²) in [6.45, 7) is 3.84. The molecule has 0 spiro atoms. The number of nitrogens with zero attached hydrogens (tertiary/aromatic N) is 1. The van der Waals surface area contributed by atoms with E-state index >= 15 is 0 Å². The van der Waals surface area contributed by atoms with Gasteiger partial charge in [-0.1, -0.05) is 0 Å². The van der Waals surface area contributed by atoms with Gasteiger partial charge >= 0.3 is 6.03 Å². The fraction of sp³-hybridized carbons (Fsp3) is 0.818. The summed E-state index contributed by atoms with van der Waals surface area (Å²) in [7, 11) is 1.50. The first kappa shape index (κ1) is 14.7. The molecule has 0 aromatic heterocycles. The zero-order valence-corrected chi connectivity index (χ0v) is 10.9. The van der Waals surface area contributed by atoms with Gasteiger partial charge in [-0.2, -0.15) is 0 Å². The van der Waals surface area contributed by atoms with Gasteiger partial charge in [0.05, 0.1) is 6.61 Å². The number of nitrogens with one attached hydrogen (secondary N) is 2. The average molecular weight is 258 g/mol. The fourth-order valence-corrected chi connectivity index (χ4v) is 1.89. The maximum absolute atomic E-state index is 11.7. The molecule has 2 atom stereocenters. The van der Waals surface area contributed by atoms with Gasteiger partial charge in [-0.15, -0.1) is 0 Å². The molecule has 104 valence electrons. The molecule has 18 heavy (non-hydrogen) atoms. The molecule has 3 amide bonds. The van der Waals surface area contributed by atoms with Gasteiger partial charge < -0.3 is 26.0 Å². The summed E-state index contributed by atoms with van der Waals surface area (Å²) in [4.78, 5) is 24.9. The van der Waals surface area contributed by atoms with Crippen LogP contribution in [0.4, 0.5) is 4.79 Å². The molecule has 1 heterocycles. The number of urea groups is 1. The molecule has 4 N–H and O–H groups in total. The molecule has 0 saturated carbocycles. The topological polar surface area (TPSA) is 96.7 Å². The zero-order valence-electron chi connectivity index (χ0n) is 10.9. The highest BCUT2D eigenvalue weighted by atomic mass is 16.5. The second-order valence-corrected chi connectivity index (χ2v) is 4.34. The highest BCUT2D eigenvalue weighted by Crippen LogP contribution is 2.09. The summed E-state index contributed by atoms with van der Waals surface area (Å²) < 4.78 is 4.82. The Hall–Kier alpha value is -1.34. The minimum absolute atomic E-state index is 0.0250. The number of ether oxygens (including phenoxy) is 1. The summed E-state index contributed by atoms with van der Waals surface area (Å²) in [6, 6.07) is -0.771. The maximum atomic E-state index is 11.7. The van der Waals surface area contributed by atoms with Crippen molar-refractivity contribution in [2.45, 2.75) is 25.4 Å². The third-order valence-corrected chi connectivity index (χ3v) is 2.83. The van der Waals surface area contributed by atoms with Crippen molar-refractivity contribution in [1.29, 1.82) is 0 Å². The lowest BCUT2D eigenvalue weighted by Gasteiger charge is -2.18. The smallest absolute Gasteiger partial charge is 0.317 e. The number of likely N-dealkylation sites (tertiary alicyclic amines) is 1. The fourth-order valence-electron chi connectivity index (χ4n) is 1.89. The van der Waals surface area contributed by atoms with Crippen molar-refractivity contribution in [2.75, 3.05) is 33.4 Å². The first-order valence-corrected chi connectivity index (χ1v) is 6.16. The van der Waals surface area contributed by atoms with Crippen LogP contribution in [0, 0.1) is 0 Å². The third kappa shape index (κ3) is 4.15. The predicted octanol–water partition coefficient (Wildman–Crippen LogP) is -1.12. The van der Waals surface area contributed by atoms with E-state index in [2.05, 4.69) is 10.6 Å². The molecule has 1 saturated heterocycles. The zero-order chi connectivity index (χ0) is 13.5. The second-order valence-electron chi connectivity index (χ2n) is 4.34. The van der Waals surface area contributed by atoms with Gasteiger partial charge in [0, 0.05) is 32.8 Å². The van der Waals surface area contributed by atoms with E-state index in [1.54, 1.807) is 4.90 Å². The van der Waals surface area contributed by atoms with Crippen molar-refractivity contribution in [3.8, 4) is 0 Å². The maximum Gasteiger partial charge on any atom is 0.317 e. The molecule has 1 aliphatic rings. The van der Waals surface area contributed by atoms with E-state index in [1.807, 2.05) is 6.92 Å². The Bertz CT molecular complexity index is 298. The van der Waals surface area contributed by atoms with Crippen molar-refractivity contribution in [3.05, 3.63) is 0 Å². The largest absolute Gasteiger partial charge is 0.383 e. The minimum atomic E-state index is -0.659. The molecule has 0 aromatic carbocycles. The van der Waals surface area contributed by atoms with Crippen LogP contribution in [0.2, 0.25) is 0 Å². The van der Waals surface area contributed by atoms with Crippen LogP contribution in [0.3, 0.4) is 0 Å². The Morgan fingerprint density at radius 1 is 1.56 bits per heavy atom. The molecular weight excluding hydrogens is 236 g/mol. The van der Waals surface area contributed by atoms with Gasteiger partial charge in [-0.3, -0.25) is 4.79 Å². The molecule has 0 radical (unpaired) electrons. The van der Waals surface area contributed by atoms with Crippen molar-refractivity contribution in [3.63, 3.8) is 0 Å². The first-order valence-electron chi connectivity index (χ1n) is 6.16. The van der Waals surface area contributed by atoms with E-state index in [1.165, 1.54) is 7.11 Å². The normalized spacial score (nSPS) is 20.6. The minimum Gasteiger partial charge on any atom is -0.383 e. The molecular formula is C11H22N4O3. The van der Waals surface area contributed by atoms with E-state index < -0.39 is 6.04 Å². The van der Waals surface area contributed by atoms with E-state index in [4.69, 9.17) is 10.5 Å². The van der Waals surface area contributed by atoms with Crippen LogP contribution in [0.25, 0.3) is 0 Å². The van der Waals surface area contributed by atoms with Crippen LogP contribution < -0.4 is 16.4 Å². The van der Waals surface area contributed by atoms with E-state index in [9.17, 15) is 9.59 Å². The van der Waals surface area contributed by atoms with E-state index in [0.717, 1.165) is 6.42 Å². The van der Waals surface area contributed by atoms with Gasteiger partial charge in [-0.05, 0) is 13.3 Å². The van der Waals surface area contributed by atoms with Crippen molar-refractivity contribution >= 4 is 11.9 Å². The number of methoxy groups -OCH3 is 1. The van der Waals surface area contributed by atoms with E-state index in [-0.39, 0.29) is 24.6 Å². The summed E-state index contributed by atoms with van der Waals surface area (Å²) in [5.41, 5.74) is 5.62. The molecule has 2 unspecified atom stereocenters. The van der Waals surface area contributed by atoms with Crippen molar-refractivity contribution < 1.29 is 14.3 Å². The lowest BCUT2D eigenvalue weighted by molar-refractivity contribution is -0.124. The van der Waals surface area contributed by atoms with Crippen LogP contribution >= 0.6 is 0 Å². The quantitative estimate of drug-likeness (QED) is 0.582. The number of carbonyl (C=O) groups excluding carboxylic acids is 2. The molecule has 7 heteroatoms. The standard InChI is InChI=1S/C11H22N4O3/c1-3-13-11(17)15-5-4-8(6-15)14-10(16)9(12)7-18-2/h8-9H,3-7,12H2,1-2H3,(H,13,17)(H,14,16). The lowest BCUT2D eigenvalue weighted by atomic mass is 10.2. The third-order valence-electron chi connectivity index (χ3n) is 2.83. The Labute approximate surface area is 107 Å². The van der Waals surface area contributed by atoms with Gasteiger partial charge in [0.2, 0.25) is 5.91 Å². The van der Waals surface area contributed by atoms with Crippen LogP contribution in [-0.2, 0) is 9.53 Å². The summed E-state index contributed by atoms with van der Waals surface area (Å²) in [5, 5.41) is 5.56. The van der Waals surface area contributed by atoms with E-state index in [0.29, 0.717) is 19.6 Å². The Morgan fingerprint density at radius 2 is 2.28 bits per heavy atom. The van der Waals surface area contributed by atoms with Gasteiger partial charge in [0.15, 0.2) is 0 Å². The number of carbonyl (C=O) groups is 2. The number of rotatable bonds is 5. The molecule has 7 nitrogen and oxygen atoms in total. The number of amides is 3. The Kier molecular flexibility index (Phi) is 5.87. The van der Waals surface area contributed by atoms with Crippen LogP contribution in [0.5, 0.6) is 0 Å². The van der Waals surface area contributed by atoms with Crippen molar-refractivity contribution in [1.82, 2.24) is 15.5 Å². The monoisotopic (exact) mass is 258 g/mol. The number of hydrogen-bond acceptors (Lipinski definition) is 4. The second kappa shape index (κ2) is 7.17. The lowest BCUT2D eigenvalue weighted by Crippen LogP contribution is -2.48. The van der Waals surface area contributed by atoms with Gasteiger partial charge in [-0.25, -0.2) is 4.79 Å². The van der Waals surface area contributed by atoms with Crippen LogP contribution in [0.15, 0.2) is 0 Å². The highest BCUT2D eigenvalue weighted by Gasteiger charge is 2.28. The molecule has 1 aliphatic heterocycles. The number of hydrogen-bond donors (Lipinski definition) is 3. The van der Waals surface area contributed by atoms with Gasteiger partial charge in [0.25, 0.3) is 0 Å². The summed E-state index contributed by atoms with van der Waals surface area (Å²) in [6.07, 6.45) is 0.753. The number of nitrogens with two attached hydrogens (primary N) is 1. The van der Waals surface area contributed by atoms with Crippen LogP contribution in [0.1, 0.15) is 13.3 Å². The predicted molar refractivity (Wildman–Crippen MR) is 67.0 cm³/mol. The van der Waals surface area contributed by atoms with Crippen molar-refractivity contribution in [2.24, 2.45) is 5.73 Å². The summed E-state index contributed by atoms with van der Waals surface area (Å²) >= 11 is 0. The average Bonchev–Trinajstić information content (AvgIpc) is 2.78. The Balaban J connectivity index is 2.34. The highest BCUT2D eigenvalue weighted by molar-refractivity contribution is 5.82. The molecule has 0 aromatic rings. The molecule has 1 rings (SSSR count). The molecule has 0 aliphatic carbocycles. The molecule has 1 fully saturated rings. The summed E-state index contributed by atoms with van der Waals surface area (Å²) in [5.74, 6) is -0.236. The van der Waals surface area contributed by atoms with Crippen LogP contribution in [-0.4, -0.2) is 62.3 Å². The van der Waals surface area contributed by atoms with Gasteiger partial charge in [0.1, 0.15) is 6.04 Å². The SMILES string of the molecule is CCNC(=O)N1CCC(NC(=O)C(N)COC)C1. The first-order chi connectivity index (χ1) is 8.58. The molecule has 0 bridgehead atoms. The Morgan fingerprint density at radius 3 is 2.89 bits per heavy atom.